The summed E-state index contributed by atoms with van der Waals surface area (Å²) in [6.07, 6.45) is 2.78. The lowest BCUT2D eigenvalue weighted by Gasteiger charge is -2.12. The summed E-state index contributed by atoms with van der Waals surface area (Å²) in [7, 11) is 0. The standard InChI is InChI=1S/C13H13NO2/c1-10(15)12-6-2-3-7-13(12)16-11-5-4-8-14-9-11/h2-10,15H,1H3/t10-/m0/s1. The highest BCUT2D eigenvalue weighted by Crippen LogP contribution is 2.28. The van der Waals surface area contributed by atoms with Gasteiger partial charge < -0.3 is 9.84 Å². The Morgan fingerprint density at radius 2 is 2.00 bits per heavy atom. The highest BCUT2D eigenvalue weighted by atomic mass is 16.5. The van der Waals surface area contributed by atoms with E-state index in [0.29, 0.717) is 11.5 Å². The van der Waals surface area contributed by atoms with E-state index in [4.69, 9.17) is 4.74 Å². The summed E-state index contributed by atoms with van der Waals surface area (Å²) < 4.78 is 5.65. The van der Waals surface area contributed by atoms with Crippen LogP contribution in [0.4, 0.5) is 0 Å². The molecule has 1 aromatic heterocycles. The first-order chi connectivity index (χ1) is 7.77. The van der Waals surface area contributed by atoms with Gasteiger partial charge in [0.2, 0.25) is 0 Å². The summed E-state index contributed by atoms with van der Waals surface area (Å²) in [6, 6.07) is 11.0. The Kier molecular flexibility index (Phi) is 3.17. The smallest absolute Gasteiger partial charge is 0.145 e. The molecule has 2 rings (SSSR count). The Bertz CT molecular complexity index is 454. The van der Waals surface area contributed by atoms with Crippen molar-refractivity contribution < 1.29 is 9.84 Å². The molecule has 0 bridgehead atoms. The van der Waals surface area contributed by atoms with E-state index in [-0.39, 0.29) is 0 Å². The average Bonchev–Trinajstić information content (AvgIpc) is 2.31. The van der Waals surface area contributed by atoms with Crippen LogP contribution in [0.1, 0.15) is 18.6 Å². The molecule has 2 aromatic rings. The fraction of sp³-hybridized carbons (Fsp3) is 0.154. The second kappa shape index (κ2) is 4.77. The maximum atomic E-state index is 9.59. The molecule has 0 aliphatic carbocycles. The van der Waals surface area contributed by atoms with Gasteiger partial charge in [0.15, 0.2) is 0 Å². The zero-order valence-electron chi connectivity index (χ0n) is 9.00. The van der Waals surface area contributed by atoms with Crippen molar-refractivity contribution >= 4 is 0 Å². The molecule has 0 aliphatic rings. The van der Waals surface area contributed by atoms with Crippen LogP contribution in [0.25, 0.3) is 0 Å². The quantitative estimate of drug-likeness (QED) is 0.855. The summed E-state index contributed by atoms with van der Waals surface area (Å²) in [6.45, 7) is 1.71. The van der Waals surface area contributed by atoms with Crippen molar-refractivity contribution in [3.8, 4) is 11.5 Å². The van der Waals surface area contributed by atoms with Crippen LogP contribution in [-0.2, 0) is 0 Å². The number of para-hydroxylation sites is 1. The largest absolute Gasteiger partial charge is 0.455 e. The lowest BCUT2D eigenvalue weighted by atomic mass is 10.1. The molecule has 1 N–H and O–H groups in total. The molecule has 1 heterocycles. The number of ether oxygens (including phenoxy) is 1. The zero-order chi connectivity index (χ0) is 11.4. The third-order valence-electron chi connectivity index (χ3n) is 2.23. The lowest BCUT2D eigenvalue weighted by molar-refractivity contribution is 0.195. The van der Waals surface area contributed by atoms with Crippen LogP contribution >= 0.6 is 0 Å². The number of aliphatic hydroxyl groups is 1. The van der Waals surface area contributed by atoms with Gasteiger partial charge in [-0.3, -0.25) is 4.98 Å². The Morgan fingerprint density at radius 3 is 2.69 bits per heavy atom. The summed E-state index contributed by atoms with van der Waals surface area (Å²) >= 11 is 0. The van der Waals surface area contributed by atoms with E-state index >= 15 is 0 Å². The molecule has 16 heavy (non-hydrogen) atoms. The Morgan fingerprint density at radius 1 is 1.19 bits per heavy atom. The van der Waals surface area contributed by atoms with E-state index < -0.39 is 6.10 Å². The number of pyridine rings is 1. The van der Waals surface area contributed by atoms with E-state index in [0.717, 1.165) is 5.56 Å². The minimum absolute atomic E-state index is 0.548. The van der Waals surface area contributed by atoms with Crippen molar-refractivity contribution in [3.05, 3.63) is 54.4 Å². The topological polar surface area (TPSA) is 42.4 Å². The molecule has 0 fully saturated rings. The summed E-state index contributed by atoms with van der Waals surface area (Å²) in [5.74, 6) is 1.32. The van der Waals surface area contributed by atoms with Gasteiger partial charge >= 0.3 is 0 Å². The molecule has 82 valence electrons. The number of hydrogen-bond donors (Lipinski definition) is 1. The molecule has 3 nitrogen and oxygen atoms in total. The number of rotatable bonds is 3. The molecule has 1 atom stereocenters. The van der Waals surface area contributed by atoms with Crippen LogP contribution in [0, 0.1) is 0 Å². The van der Waals surface area contributed by atoms with E-state index in [1.165, 1.54) is 0 Å². The number of benzene rings is 1. The molecule has 0 amide bonds. The molecule has 0 spiro atoms. The number of nitrogens with zero attached hydrogens (tertiary/aromatic N) is 1. The van der Waals surface area contributed by atoms with Crippen molar-refractivity contribution in [2.45, 2.75) is 13.0 Å². The van der Waals surface area contributed by atoms with Crippen LogP contribution in [0.15, 0.2) is 48.8 Å². The van der Waals surface area contributed by atoms with Gasteiger partial charge in [-0.2, -0.15) is 0 Å². The normalized spacial score (nSPS) is 12.1. The summed E-state index contributed by atoms with van der Waals surface area (Å²) in [5, 5.41) is 9.59. The molecular weight excluding hydrogens is 202 g/mol. The molecule has 0 unspecified atom stereocenters. The van der Waals surface area contributed by atoms with Gasteiger partial charge in [0.05, 0.1) is 12.3 Å². The fourth-order valence-electron chi connectivity index (χ4n) is 1.45. The van der Waals surface area contributed by atoms with Crippen molar-refractivity contribution in [1.82, 2.24) is 4.98 Å². The zero-order valence-corrected chi connectivity index (χ0v) is 9.00. The first-order valence-corrected chi connectivity index (χ1v) is 5.12. The maximum absolute atomic E-state index is 9.59. The van der Waals surface area contributed by atoms with Crippen LogP contribution < -0.4 is 4.74 Å². The summed E-state index contributed by atoms with van der Waals surface area (Å²) in [4.78, 5) is 3.97. The van der Waals surface area contributed by atoms with Crippen molar-refractivity contribution in [3.63, 3.8) is 0 Å². The second-order valence-corrected chi connectivity index (χ2v) is 3.50. The predicted molar refractivity (Wildman–Crippen MR) is 61.4 cm³/mol. The van der Waals surface area contributed by atoms with E-state index in [2.05, 4.69) is 4.98 Å². The lowest BCUT2D eigenvalue weighted by Crippen LogP contribution is -1.95. The van der Waals surface area contributed by atoms with Gasteiger partial charge in [-0.25, -0.2) is 0 Å². The van der Waals surface area contributed by atoms with Gasteiger partial charge in [-0.05, 0) is 25.1 Å². The molecule has 3 heteroatoms. The van der Waals surface area contributed by atoms with Gasteiger partial charge in [0, 0.05) is 11.8 Å². The molecule has 0 aliphatic heterocycles. The van der Waals surface area contributed by atoms with Crippen molar-refractivity contribution in [2.75, 3.05) is 0 Å². The third-order valence-corrected chi connectivity index (χ3v) is 2.23. The Balaban J connectivity index is 2.28. The van der Waals surface area contributed by atoms with Crippen LogP contribution in [-0.4, -0.2) is 10.1 Å². The fourth-order valence-corrected chi connectivity index (χ4v) is 1.45. The number of hydrogen-bond acceptors (Lipinski definition) is 3. The maximum Gasteiger partial charge on any atom is 0.145 e. The highest BCUT2D eigenvalue weighted by molar-refractivity contribution is 5.38. The monoisotopic (exact) mass is 215 g/mol. The molecular formula is C13H13NO2. The van der Waals surface area contributed by atoms with Gasteiger partial charge in [-0.1, -0.05) is 18.2 Å². The van der Waals surface area contributed by atoms with E-state index in [1.54, 1.807) is 25.4 Å². The molecule has 1 aromatic carbocycles. The minimum Gasteiger partial charge on any atom is -0.455 e. The van der Waals surface area contributed by atoms with Gasteiger partial charge in [0.25, 0.3) is 0 Å². The Labute approximate surface area is 94.3 Å². The third kappa shape index (κ3) is 2.38. The second-order valence-electron chi connectivity index (χ2n) is 3.50. The minimum atomic E-state index is -0.548. The first kappa shape index (κ1) is 10.6. The van der Waals surface area contributed by atoms with Gasteiger partial charge in [0.1, 0.15) is 11.5 Å². The van der Waals surface area contributed by atoms with E-state index in [9.17, 15) is 5.11 Å². The number of aliphatic hydroxyl groups excluding tert-OH is 1. The van der Waals surface area contributed by atoms with Crippen LogP contribution in [0.5, 0.6) is 11.5 Å². The van der Waals surface area contributed by atoms with E-state index in [1.807, 2.05) is 30.3 Å². The number of aromatic nitrogens is 1. The van der Waals surface area contributed by atoms with Crippen molar-refractivity contribution in [2.24, 2.45) is 0 Å². The predicted octanol–water partition coefficient (Wildman–Crippen LogP) is 2.93. The van der Waals surface area contributed by atoms with Crippen molar-refractivity contribution in [1.29, 1.82) is 0 Å². The summed E-state index contributed by atoms with van der Waals surface area (Å²) in [5.41, 5.74) is 0.770. The average molecular weight is 215 g/mol. The molecule has 0 radical (unpaired) electrons. The Hall–Kier alpha value is -1.87. The molecule has 0 saturated carbocycles. The van der Waals surface area contributed by atoms with Crippen LogP contribution in [0.2, 0.25) is 0 Å². The van der Waals surface area contributed by atoms with Crippen LogP contribution in [0.3, 0.4) is 0 Å². The SMILES string of the molecule is C[C@H](O)c1ccccc1Oc1cccnc1. The first-order valence-electron chi connectivity index (χ1n) is 5.12. The highest BCUT2D eigenvalue weighted by Gasteiger charge is 2.08. The molecule has 0 saturated heterocycles. The van der Waals surface area contributed by atoms with Gasteiger partial charge in [-0.15, -0.1) is 0 Å².